The van der Waals surface area contributed by atoms with E-state index in [1.165, 1.54) is 11.1 Å². The predicted molar refractivity (Wildman–Crippen MR) is 86.5 cm³/mol. The minimum atomic E-state index is 0.506. The average molecular weight is 284 g/mol. The Bertz CT molecular complexity index is 581. The summed E-state index contributed by atoms with van der Waals surface area (Å²) < 4.78 is 5.90. The Morgan fingerprint density at radius 1 is 1.05 bits per heavy atom. The van der Waals surface area contributed by atoms with Crippen molar-refractivity contribution in [2.24, 2.45) is 0 Å². The van der Waals surface area contributed by atoms with E-state index in [2.05, 4.69) is 37.1 Å². The molecule has 0 saturated heterocycles. The van der Waals surface area contributed by atoms with Crippen molar-refractivity contribution in [2.75, 3.05) is 6.54 Å². The summed E-state index contributed by atoms with van der Waals surface area (Å²) in [5.41, 5.74) is 4.47. The highest BCUT2D eigenvalue weighted by atomic mass is 16.5. The number of benzene rings is 1. The fraction of sp³-hybridized carbons (Fsp3) is 0.389. The van der Waals surface area contributed by atoms with Crippen LogP contribution in [0.5, 0.6) is 5.75 Å². The molecule has 2 aromatic rings. The molecule has 2 rings (SSSR count). The van der Waals surface area contributed by atoms with Gasteiger partial charge in [-0.3, -0.25) is 4.98 Å². The molecule has 1 heterocycles. The zero-order chi connectivity index (χ0) is 15.1. The number of hydrogen-bond donors (Lipinski definition) is 1. The van der Waals surface area contributed by atoms with E-state index in [0.29, 0.717) is 6.61 Å². The van der Waals surface area contributed by atoms with Crippen molar-refractivity contribution in [1.29, 1.82) is 0 Å². The van der Waals surface area contributed by atoms with Crippen LogP contribution in [0.3, 0.4) is 0 Å². The summed E-state index contributed by atoms with van der Waals surface area (Å²) in [6.07, 6.45) is 1.13. The third-order valence-corrected chi connectivity index (χ3v) is 3.53. The number of nitrogens with zero attached hydrogens (tertiary/aromatic N) is 1. The molecule has 1 aromatic carbocycles. The lowest BCUT2D eigenvalue weighted by atomic mass is 10.1. The van der Waals surface area contributed by atoms with Crippen LogP contribution in [0.4, 0.5) is 0 Å². The van der Waals surface area contributed by atoms with Crippen LogP contribution in [-0.4, -0.2) is 11.5 Å². The van der Waals surface area contributed by atoms with Crippen LogP contribution in [0.15, 0.2) is 36.4 Å². The van der Waals surface area contributed by atoms with E-state index in [9.17, 15) is 0 Å². The molecule has 1 N–H and O–H groups in total. The minimum Gasteiger partial charge on any atom is -0.487 e. The van der Waals surface area contributed by atoms with Gasteiger partial charge in [0.15, 0.2) is 0 Å². The number of nitrogens with one attached hydrogen (secondary N) is 1. The van der Waals surface area contributed by atoms with E-state index in [1.807, 2.05) is 30.3 Å². The number of aromatic nitrogens is 1. The van der Waals surface area contributed by atoms with Gasteiger partial charge in [-0.15, -0.1) is 0 Å². The number of rotatable bonds is 7. The van der Waals surface area contributed by atoms with Crippen LogP contribution in [0.1, 0.15) is 35.9 Å². The van der Waals surface area contributed by atoms with Gasteiger partial charge in [0.05, 0.1) is 11.4 Å². The third kappa shape index (κ3) is 4.57. The van der Waals surface area contributed by atoms with Crippen molar-refractivity contribution in [3.05, 3.63) is 58.9 Å². The van der Waals surface area contributed by atoms with Gasteiger partial charge in [-0.25, -0.2) is 0 Å². The van der Waals surface area contributed by atoms with Crippen LogP contribution in [0, 0.1) is 13.8 Å². The molecule has 0 saturated carbocycles. The van der Waals surface area contributed by atoms with Crippen molar-refractivity contribution >= 4 is 0 Å². The summed E-state index contributed by atoms with van der Waals surface area (Å²) in [5, 5.41) is 3.37. The molecule has 3 nitrogen and oxygen atoms in total. The van der Waals surface area contributed by atoms with Crippen LogP contribution in [0.2, 0.25) is 0 Å². The lowest BCUT2D eigenvalue weighted by Crippen LogP contribution is -2.15. The van der Waals surface area contributed by atoms with Crippen molar-refractivity contribution in [1.82, 2.24) is 10.3 Å². The quantitative estimate of drug-likeness (QED) is 0.786. The standard InChI is InChI=1S/C18H24N2O/c1-4-11-19-12-16-8-6-9-17(20-16)13-21-18-10-5-7-14(2)15(18)3/h5-10,19H,4,11-13H2,1-3H3. The highest BCUT2D eigenvalue weighted by Crippen LogP contribution is 2.21. The molecule has 0 bridgehead atoms. The van der Waals surface area contributed by atoms with Gasteiger partial charge in [-0.2, -0.15) is 0 Å². The van der Waals surface area contributed by atoms with E-state index in [0.717, 1.165) is 36.6 Å². The van der Waals surface area contributed by atoms with Crippen LogP contribution in [0.25, 0.3) is 0 Å². The minimum absolute atomic E-state index is 0.506. The van der Waals surface area contributed by atoms with Gasteiger partial charge in [0.25, 0.3) is 0 Å². The summed E-state index contributed by atoms with van der Waals surface area (Å²) in [6, 6.07) is 12.2. The van der Waals surface area contributed by atoms with Crippen LogP contribution in [-0.2, 0) is 13.2 Å². The zero-order valence-electron chi connectivity index (χ0n) is 13.1. The Kier molecular flexibility index (Phi) is 5.76. The molecular formula is C18H24N2O. The number of aryl methyl sites for hydroxylation is 1. The third-order valence-electron chi connectivity index (χ3n) is 3.53. The molecule has 112 valence electrons. The number of hydrogen-bond acceptors (Lipinski definition) is 3. The summed E-state index contributed by atoms with van der Waals surface area (Å²) in [6.45, 7) is 8.68. The molecule has 3 heteroatoms. The monoisotopic (exact) mass is 284 g/mol. The van der Waals surface area contributed by atoms with E-state index < -0.39 is 0 Å². The van der Waals surface area contributed by atoms with E-state index in [4.69, 9.17) is 4.74 Å². The number of pyridine rings is 1. The lowest BCUT2D eigenvalue weighted by Gasteiger charge is -2.11. The molecule has 0 spiro atoms. The normalized spacial score (nSPS) is 10.6. The Labute approximate surface area is 127 Å². The van der Waals surface area contributed by atoms with E-state index in [-0.39, 0.29) is 0 Å². The second-order valence-corrected chi connectivity index (χ2v) is 5.28. The second kappa shape index (κ2) is 7.79. The Balaban J connectivity index is 1.96. The molecule has 0 radical (unpaired) electrons. The maximum Gasteiger partial charge on any atom is 0.130 e. The van der Waals surface area contributed by atoms with Gasteiger partial charge in [0.1, 0.15) is 12.4 Å². The largest absolute Gasteiger partial charge is 0.487 e. The molecule has 0 fully saturated rings. The van der Waals surface area contributed by atoms with Gasteiger partial charge in [-0.05, 0) is 56.1 Å². The Hall–Kier alpha value is -1.87. The maximum absolute atomic E-state index is 5.90. The molecular weight excluding hydrogens is 260 g/mol. The highest BCUT2D eigenvalue weighted by Gasteiger charge is 2.03. The molecule has 0 atom stereocenters. The molecule has 21 heavy (non-hydrogen) atoms. The first kappa shape index (κ1) is 15.5. The molecule has 0 unspecified atom stereocenters. The van der Waals surface area contributed by atoms with Gasteiger partial charge < -0.3 is 10.1 Å². The zero-order valence-corrected chi connectivity index (χ0v) is 13.1. The van der Waals surface area contributed by atoms with Crippen molar-refractivity contribution < 1.29 is 4.74 Å². The first-order chi connectivity index (χ1) is 10.2. The van der Waals surface area contributed by atoms with Crippen molar-refractivity contribution in [3.8, 4) is 5.75 Å². The summed E-state index contributed by atoms with van der Waals surface area (Å²) >= 11 is 0. The van der Waals surface area contributed by atoms with Gasteiger partial charge in [-0.1, -0.05) is 25.1 Å². The van der Waals surface area contributed by atoms with E-state index >= 15 is 0 Å². The summed E-state index contributed by atoms with van der Waals surface area (Å²) in [4.78, 5) is 4.62. The SMILES string of the molecule is CCCNCc1cccc(COc2cccc(C)c2C)n1. The first-order valence-electron chi connectivity index (χ1n) is 7.55. The highest BCUT2D eigenvalue weighted by molar-refractivity contribution is 5.38. The van der Waals surface area contributed by atoms with Gasteiger partial charge in [0, 0.05) is 6.54 Å². The molecule has 0 amide bonds. The average Bonchev–Trinajstić information content (AvgIpc) is 2.50. The fourth-order valence-electron chi connectivity index (χ4n) is 2.13. The molecule has 0 aliphatic rings. The fourth-order valence-corrected chi connectivity index (χ4v) is 2.13. The first-order valence-corrected chi connectivity index (χ1v) is 7.55. The van der Waals surface area contributed by atoms with Gasteiger partial charge in [0.2, 0.25) is 0 Å². The Morgan fingerprint density at radius 3 is 2.62 bits per heavy atom. The lowest BCUT2D eigenvalue weighted by molar-refractivity contribution is 0.298. The maximum atomic E-state index is 5.90. The van der Waals surface area contributed by atoms with E-state index in [1.54, 1.807) is 0 Å². The van der Waals surface area contributed by atoms with Crippen LogP contribution >= 0.6 is 0 Å². The second-order valence-electron chi connectivity index (χ2n) is 5.28. The topological polar surface area (TPSA) is 34.1 Å². The predicted octanol–water partition coefficient (Wildman–Crippen LogP) is 3.78. The smallest absolute Gasteiger partial charge is 0.130 e. The summed E-state index contributed by atoms with van der Waals surface area (Å²) in [7, 11) is 0. The number of ether oxygens (including phenoxy) is 1. The molecule has 0 aliphatic heterocycles. The molecule has 1 aromatic heterocycles. The van der Waals surface area contributed by atoms with Crippen LogP contribution < -0.4 is 10.1 Å². The van der Waals surface area contributed by atoms with Crippen molar-refractivity contribution in [2.45, 2.75) is 40.3 Å². The van der Waals surface area contributed by atoms with Crippen molar-refractivity contribution in [3.63, 3.8) is 0 Å². The Morgan fingerprint density at radius 2 is 1.81 bits per heavy atom. The molecule has 0 aliphatic carbocycles. The van der Waals surface area contributed by atoms with Gasteiger partial charge >= 0.3 is 0 Å². The summed E-state index contributed by atoms with van der Waals surface area (Å²) in [5.74, 6) is 0.936.